The van der Waals surface area contributed by atoms with Gasteiger partial charge in [-0.05, 0) is 67.5 Å². The molecule has 4 rings (SSSR count). The molecule has 1 aliphatic heterocycles. The second-order valence-electron chi connectivity index (χ2n) is 8.90. The minimum atomic E-state index is -0.248. The molecule has 1 heterocycles. The molecule has 2 N–H and O–H groups in total. The Morgan fingerprint density at radius 1 is 1.03 bits per heavy atom. The van der Waals surface area contributed by atoms with E-state index in [-0.39, 0.29) is 5.91 Å². The summed E-state index contributed by atoms with van der Waals surface area (Å²) >= 11 is 6.38. The van der Waals surface area contributed by atoms with Crippen LogP contribution in [0.25, 0.3) is 0 Å². The normalized spacial score (nSPS) is 14.9. The number of carbonyl (C=O) groups excluding carboxylic acids is 1. The van der Waals surface area contributed by atoms with Crippen molar-refractivity contribution in [1.29, 1.82) is 0 Å². The first-order chi connectivity index (χ1) is 17.7. The third-order valence-corrected chi connectivity index (χ3v) is 6.55. The van der Waals surface area contributed by atoms with Gasteiger partial charge in [-0.1, -0.05) is 78.4 Å². The summed E-state index contributed by atoms with van der Waals surface area (Å²) in [6.07, 6.45) is 14.5. The largest absolute Gasteiger partial charge is 0.341 e. The number of hydrogen-bond acceptors (Lipinski definition) is 4. The zero-order valence-electron chi connectivity index (χ0n) is 20.6. The minimum Gasteiger partial charge on any atom is -0.341 e. The number of hydrogen-bond donors (Lipinski definition) is 2. The molecule has 0 unspecified atom stereocenters. The van der Waals surface area contributed by atoms with Crippen LogP contribution in [-0.2, 0) is 22.5 Å². The number of halogens is 1. The van der Waals surface area contributed by atoms with Crippen LogP contribution in [0.5, 0.6) is 0 Å². The average molecular weight is 504 g/mol. The van der Waals surface area contributed by atoms with E-state index in [2.05, 4.69) is 58.2 Å². The Balaban J connectivity index is 1.14. The van der Waals surface area contributed by atoms with Crippen LogP contribution >= 0.6 is 11.6 Å². The van der Waals surface area contributed by atoms with Gasteiger partial charge in [0.1, 0.15) is 0 Å². The van der Waals surface area contributed by atoms with E-state index < -0.39 is 0 Å². The maximum absolute atomic E-state index is 11.9. The topological polar surface area (TPSA) is 53.6 Å². The Morgan fingerprint density at radius 3 is 2.75 bits per heavy atom. The van der Waals surface area contributed by atoms with E-state index in [0.29, 0.717) is 13.2 Å². The van der Waals surface area contributed by atoms with E-state index in [1.165, 1.54) is 34.2 Å². The summed E-state index contributed by atoms with van der Waals surface area (Å²) in [7, 11) is 0. The van der Waals surface area contributed by atoms with Crippen LogP contribution < -0.4 is 15.7 Å². The predicted molar refractivity (Wildman–Crippen MR) is 148 cm³/mol. The number of carbonyl (C=O) groups is 1. The lowest BCUT2D eigenvalue weighted by atomic mass is 10.0. The fourth-order valence-electron chi connectivity index (χ4n) is 4.43. The van der Waals surface area contributed by atoms with Gasteiger partial charge >= 0.3 is 0 Å². The third-order valence-electron chi connectivity index (χ3n) is 6.29. The first-order valence-corrected chi connectivity index (χ1v) is 13.0. The number of nitrogens with one attached hydrogen (secondary N) is 2. The molecule has 1 aliphatic carbocycles. The van der Waals surface area contributed by atoms with Crippen molar-refractivity contribution in [3.63, 3.8) is 0 Å². The molecule has 2 aliphatic rings. The number of para-hydroxylation sites is 1. The van der Waals surface area contributed by atoms with Crippen molar-refractivity contribution in [1.82, 2.24) is 10.8 Å². The first-order valence-electron chi connectivity index (χ1n) is 12.7. The highest BCUT2D eigenvalue weighted by atomic mass is 35.5. The molecule has 0 aromatic heterocycles. The van der Waals surface area contributed by atoms with Gasteiger partial charge in [-0.25, -0.2) is 5.48 Å². The highest BCUT2D eigenvalue weighted by molar-refractivity contribution is 6.31. The summed E-state index contributed by atoms with van der Waals surface area (Å²) in [5.41, 5.74) is 8.83. The van der Waals surface area contributed by atoms with Crippen LogP contribution in [0.2, 0.25) is 0 Å². The van der Waals surface area contributed by atoms with Gasteiger partial charge in [-0.3, -0.25) is 9.63 Å². The van der Waals surface area contributed by atoms with Crippen molar-refractivity contribution in [2.75, 3.05) is 31.1 Å². The highest BCUT2D eigenvalue weighted by Crippen LogP contribution is 2.36. The zero-order chi connectivity index (χ0) is 25.0. The predicted octanol–water partition coefficient (Wildman–Crippen LogP) is 5.60. The monoisotopic (exact) mass is 503 g/mol. The number of benzene rings is 2. The minimum absolute atomic E-state index is 0.248. The van der Waals surface area contributed by atoms with Gasteiger partial charge in [0.2, 0.25) is 0 Å². The van der Waals surface area contributed by atoms with Crippen LogP contribution in [-0.4, -0.2) is 32.1 Å². The number of anilines is 1. The Labute approximate surface area is 219 Å². The molecule has 0 atom stereocenters. The second kappa shape index (κ2) is 13.8. The van der Waals surface area contributed by atoms with E-state index in [4.69, 9.17) is 16.4 Å². The van der Waals surface area contributed by atoms with Gasteiger partial charge < -0.3 is 10.2 Å². The highest BCUT2D eigenvalue weighted by Gasteiger charge is 2.22. The lowest BCUT2D eigenvalue weighted by Crippen LogP contribution is -2.27. The van der Waals surface area contributed by atoms with Crippen LogP contribution in [0.4, 0.5) is 5.69 Å². The van der Waals surface area contributed by atoms with Crippen LogP contribution in [0.3, 0.4) is 0 Å². The Kier molecular flexibility index (Phi) is 9.97. The summed E-state index contributed by atoms with van der Waals surface area (Å²) < 4.78 is 0. The molecule has 2 aromatic rings. The Hall–Kier alpha value is -3.12. The van der Waals surface area contributed by atoms with Crippen molar-refractivity contribution in [3.8, 4) is 0 Å². The first kappa shape index (κ1) is 26.0. The molecule has 6 heteroatoms. The Bertz CT molecular complexity index is 1140. The molecule has 0 bridgehead atoms. The fourth-order valence-corrected chi connectivity index (χ4v) is 4.61. The number of hydroxylamine groups is 1. The molecule has 0 radical (unpaired) electrons. The molecule has 1 amide bonds. The summed E-state index contributed by atoms with van der Waals surface area (Å²) in [6, 6.07) is 18.7. The lowest BCUT2D eigenvalue weighted by Gasteiger charge is -2.30. The van der Waals surface area contributed by atoms with Crippen LogP contribution in [0.1, 0.15) is 30.4 Å². The van der Waals surface area contributed by atoms with Crippen molar-refractivity contribution < 1.29 is 9.63 Å². The number of nitrogens with zero attached hydrogens (tertiary/aromatic N) is 1. The SMILES string of the molecule is O=C(/C=C/CNCCCCN1C2=CC(Cl)=CCC2=CCc2ccccc21)NOCCc1ccccc1. The van der Waals surface area contributed by atoms with Gasteiger partial charge in [0.05, 0.1) is 6.61 Å². The maximum Gasteiger partial charge on any atom is 0.267 e. The molecule has 0 saturated heterocycles. The summed E-state index contributed by atoms with van der Waals surface area (Å²) in [5, 5.41) is 4.19. The number of unbranched alkanes of at least 4 members (excludes halogenated alkanes) is 1. The fraction of sp³-hybridized carbons (Fsp3) is 0.300. The maximum atomic E-state index is 11.9. The van der Waals surface area contributed by atoms with E-state index >= 15 is 0 Å². The summed E-state index contributed by atoms with van der Waals surface area (Å²) in [5.74, 6) is -0.248. The molecule has 5 nitrogen and oxygen atoms in total. The van der Waals surface area contributed by atoms with E-state index in [9.17, 15) is 4.79 Å². The standard InChI is InChI=1S/C30H34ClN3O2/c31-27-17-16-26-15-14-25-11-4-5-12-28(25)34(29(26)23-27)21-7-6-19-32-20-8-13-30(35)33-36-22-18-24-9-2-1-3-10-24/h1-5,8-13,15,17,23,32H,6-7,14,16,18-22H2,(H,33,35)/b13-8+. The lowest BCUT2D eigenvalue weighted by molar-refractivity contribution is -0.128. The molecule has 0 saturated carbocycles. The van der Waals surface area contributed by atoms with Gasteiger partial charge in [0.15, 0.2) is 0 Å². The molecular formula is C30H34ClN3O2. The molecule has 0 fully saturated rings. The molecule has 2 aromatic carbocycles. The Morgan fingerprint density at radius 2 is 1.86 bits per heavy atom. The molecule has 36 heavy (non-hydrogen) atoms. The molecular weight excluding hydrogens is 470 g/mol. The number of fused-ring (bicyclic) bond motifs is 2. The quantitative estimate of drug-likeness (QED) is 0.225. The van der Waals surface area contributed by atoms with Crippen molar-refractivity contribution in [3.05, 3.63) is 112 Å². The molecule has 0 spiro atoms. The number of amides is 1. The van der Waals surface area contributed by atoms with Gasteiger partial charge in [0.25, 0.3) is 5.91 Å². The van der Waals surface area contributed by atoms with E-state index in [1.807, 2.05) is 36.4 Å². The van der Waals surface area contributed by atoms with Crippen molar-refractivity contribution >= 4 is 23.2 Å². The van der Waals surface area contributed by atoms with Crippen molar-refractivity contribution in [2.45, 2.75) is 32.1 Å². The van der Waals surface area contributed by atoms with Gasteiger partial charge in [-0.2, -0.15) is 0 Å². The summed E-state index contributed by atoms with van der Waals surface area (Å²) in [4.78, 5) is 19.5. The van der Waals surface area contributed by atoms with Gasteiger partial charge in [-0.15, -0.1) is 0 Å². The van der Waals surface area contributed by atoms with E-state index in [1.54, 1.807) is 0 Å². The van der Waals surface area contributed by atoms with Crippen LogP contribution in [0.15, 0.2) is 101 Å². The van der Waals surface area contributed by atoms with Crippen LogP contribution in [0, 0.1) is 0 Å². The summed E-state index contributed by atoms with van der Waals surface area (Å²) in [6.45, 7) is 2.91. The number of allylic oxidation sites excluding steroid dienone is 5. The van der Waals surface area contributed by atoms with Gasteiger partial charge in [0, 0.05) is 35.6 Å². The smallest absolute Gasteiger partial charge is 0.267 e. The second-order valence-corrected chi connectivity index (χ2v) is 9.34. The van der Waals surface area contributed by atoms with Crippen molar-refractivity contribution in [2.24, 2.45) is 0 Å². The zero-order valence-corrected chi connectivity index (χ0v) is 21.3. The van der Waals surface area contributed by atoms with E-state index in [0.717, 1.165) is 50.2 Å². The third kappa shape index (κ3) is 7.69. The average Bonchev–Trinajstić information content (AvgIpc) is 3.05. The number of rotatable bonds is 12. The molecule has 188 valence electrons.